The maximum Gasteiger partial charge on any atom is 0.271 e. The zero-order valence-electron chi connectivity index (χ0n) is 9.12. The molecule has 0 aliphatic carbocycles. The van der Waals surface area contributed by atoms with Crippen LogP contribution in [0.25, 0.3) is 0 Å². The normalized spacial score (nSPS) is 13.6. The Morgan fingerprint density at radius 1 is 1.69 bits per heavy atom. The first-order valence-electron chi connectivity index (χ1n) is 4.86. The van der Waals surface area contributed by atoms with E-state index in [1.54, 1.807) is 25.3 Å². The standard InChI is InChI=1S/C11H12BrN3O/c1-3-11(2,7-13)15-10(16)9-5-4-8(12)6-14-9/h4-6H,3H2,1-2H3,(H,15,16). The molecule has 1 N–H and O–H groups in total. The Morgan fingerprint density at radius 3 is 2.81 bits per heavy atom. The van der Waals surface area contributed by atoms with Gasteiger partial charge in [-0.3, -0.25) is 4.79 Å². The van der Waals surface area contributed by atoms with Crippen molar-refractivity contribution in [1.29, 1.82) is 5.26 Å². The number of halogens is 1. The smallest absolute Gasteiger partial charge is 0.271 e. The molecule has 16 heavy (non-hydrogen) atoms. The molecular weight excluding hydrogens is 270 g/mol. The minimum absolute atomic E-state index is 0.304. The van der Waals surface area contributed by atoms with Crippen LogP contribution < -0.4 is 5.32 Å². The van der Waals surface area contributed by atoms with E-state index in [2.05, 4.69) is 32.3 Å². The van der Waals surface area contributed by atoms with Crippen molar-refractivity contribution in [2.24, 2.45) is 0 Å². The topological polar surface area (TPSA) is 65.8 Å². The number of amides is 1. The van der Waals surface area contributed by atoms with Crippen molar-refractivity contribution in [1.82, 2.24) is 10.3 Å². The molecule has 1 aromatic rings. The summed E-state index contributed by atoms with van der Waals surface area (Å²) in [5, 5.41) is 11.6. The van der Waals surface area contributed by atoms with Crippen LogP contribution in [0.4, 0.5) is 0 Å². The lowest BCUT2D eigenvalue weighted by Gasteiger charge is -2.20. The van der Waals surface area contributed by atoms with Crippen molar-refractivity contribution in [2.75, 3.05) is 0 Å². The second-order valence-electron chi connectivity index (χ2n) is 3.61. The SMILES string of the molecule is CCC(C)(C#N)NC(=O)c1ccc(Br)cn1. The van der Waals surface area contributed by atoms with Gasteiger partial charge >= 0.3 is 0 Å². The number of pyridine rings is 1. The average Bonchev–Trinajstić information content (AvgIpc) is 2.29. The van der Waals surface area contributed by atoms with Crippen LogP contribution in [-0.2, 0) is 0 Å². The van der Waals surface area contributed by atoms with Gasteiger partial charge in [-0.25, -0.2) is 4.98 Å². The molecule has 0 radical (unpaired) electrons. The number of nitrogens with one attached hydrogen (secondary N) is 1. The highest BCUT2D eigenvalue weighted by Crippen LogP contribution is 2.10. The number of hydrogen-bond acceptors (Lipinski definition) is 3. The summed E-state index contributed by atoms with van der Waals surface area (Å²) in [6.07, 6.45) is 2.09. The van der Waals surface area contributed by atoms with Crippen LogP contribution in [0.1, 0.15) is 30.8 Å². The van der Waals surface area contributed by atoms with E-state index in [1.165, 1.54) is 0 Å². The third kappa shape index (κ3) is 3.04. The molecule has 5 heteroatoms. The van der Waals surface area contributed by atoms with E-state index in [4.69, 9.17) is 5.26 Å². The van der Waals surface area contributed by atoms with E-state index < -0.39 is 5.54 Å². The molecular formula is C11H12BrN3O. The van der Waals surface area contributed by atoms with Gasteiger partial charge in [0.05, 0.1) is 6.07 Å². The summed E-state index contributed by atoms with van der Waals surface area (Å²) in [7, 11) is 0. The van der Waals surface area contributed by atoms with Crippen molar-refractivity contribution in [3.8, 4) is 6.07 Å². The van der Waals surface area contributed by atoms with Crippen molar-refractivity contribution in [2.45, 2.75) is 25.8 Å². The molecule has 0 saturated heterocycles. The molecule has 1 rings (SSSR count). The van der Waals surface area contributed by atoms with E-state index in [1.807, 2.05) is 6.92 Å². The van der Waals surface area contributed by atoms with Gasteiger partial charge in [-0.15, -0.1) is 0 Å². The van der Waals surface area contributed by atoms with Crippen molar-refractivity contribution in [3.05, 3.63) is 28.5 Å². The highest BCUT2D eigenvalue weighted by atomic mass is 79.9. The Morgan fingerprint density at radius 2 is 2.38 bits per heavy atom. The largest absolute Gasteiger partial charge is 0.333 e. The first kappa shape index (κ1) is 12.7. The van der Waals surface area contributed by atoms with Gasteiger partial charge in [-0.1, -0.05) is 6.92 Å². The fourth-order valence-electron chi connectivity index (χ4n) is 1.02. The van der Waals surface area contributed by atoms with E-state index in [-0.39, 0.29) is 5.91 Å². The van der Waals surface area contributed by atoms with Gasteiger partial charge in [0.15, 0.2) is 0 Å². The second kappa shape index (κ2) is 5.08. The number of nitriles is 1. The summed E-state index contributed by atoms with van der Waals surface area (Å²) >= 11 is 3.24. The third-order valence-corrected chi connectivity index (χ3v) is 2.77. The molecule has 0 bridgehead atoms. The average molecular weight is 282 g/mol. The van der Waals surface area contributed by atoms with Gasteiger partial charge in [0, 0.05) is 10.7 Å². The van der Waals surface area contributed by atoms with E-state index in [9.17, 15) is 4.79 Å². The summed E-state index contributed by atoms with van der Waals surface area (Å²) in [5.74, 6) is -0.335. The van der Waals surface area contributed by atoms with E-state index in [0.717, 1.165) is 4.47 Å². The predicted molar refractivity (Wildman–Crippen MR) is 63.7 cm³/mol. The van der Waals surface area contributed by atoms with Crippen LogP contribution in [0.15, 0.2) is 22.8 Å². The van der Waals surface area contributed by atoms with Crippen molar-refractivity contribution < 1.29 is 4.79 Å². The van der Waals surface area contributed by atoms with Crippen LogP contribution in [0.2, 0.25) is 0 Å². The Bertz CT molecular complexity index is 424. The van der Waals surface area contributed by atoms with Crippen LogP contribution in [-0.4, -0.2) is 16.4 Å². The van der Waals surface area contributed by atoms with Crippen LogP contribution >= 0.6 is 15.9 Å². The fraction of sp³-hybridized carbons (Fsp3) is 0.364. The van der Waals surface area contributed by atoms with E-state index >= 15 is 0 Å². The Kier molecular flexibility index (Phi) is 4.02. The number of nitrogens with zero attached hydrogens (tertiary/aromatic N) is 2. The Labute approximate surface area is 103 Å². The zero-order chi connectivity index (χ0) is 12.2. The number of rotatable bonds is 3. The first-order valence-corrected chi connectivity index (χ1v) is 5.65. The summed E-state index contributed by atoms with van der Waals surface area (Å²) < 4.78 is 0.808. The zero-order valence-corrected chi connectivity index (χ0v) is 10.7. The molecule has 0 fully saturated rings. The van der Waals surface area contributed by atoms with Gasteiger partial charge in [0.25, 0.3) is 5.91 Å². The Balaban J connectivity index is 2.81. The minimum Gasteiger partial charge on any atom is -0.333 e. The van der Waals surface area contributed by atoms with Crippen LogP contribution in [0.3, 0.4) is 0 Å². The summed E-state index contributed by atoms with van der Waals surface area (Å²) in [4.78, 5) is 15.7. The van der Waals surface area contributed by atoms with Crippen LogP contribution in [0, 0.1) is 11.3 Å². The molecule has 84 valence electrons. The molecule has 0 aromatic carbocycles. The lowest BCUT2D eigenvalue weighted by molar-refractivity contribution is 0.0918. The Hall–Kier alpha value is -1.41. The van der Waals surface area contributed by atoms with Gasteiger partial charge in [-0.2, -0.15) is 5.26 Å². The summed E-state index contributed by atoms with van der Waals surface area (Å²) in [6, 6.07) is 5.41. The first-order chi connectivity index (χ1) is 7.50. The molecule has 0 saturated carbocycles. The van der Waals surface area contributed by atoms with Crippen molar-refractivity contribution in [3.63, 3.8) is 0 Å². The van der Waals surface area contributed by atoms with Crippen LogP contribution in [0.5, 0.6) is 0 Å². The quantitative estimate of drug-likeness (QED) is 0.924. The van der Waals surface area contributed by atoms with Gasteiger partial charge < -0.3 is 5.32 Å². The van der Waals surface area contributed by atoms with Crippen molar-refractivity contribution >= 4 is 21.8 Å². The number of carbonyl (C=O) groups excluding carboxylic acids is 1. The number of carbonyl (C=O) groups is 1. The summed E-state index contributed by atoms with van der Waals surface area (Å²) in [5.41, 5.74) is -0.538. The maximum atomic E-state index is 11.7. The molecule has 1 unspecified atom stereocenters. The molecule has 0 aliphatic rings. The molecule has 1 aromatic heterocycles. The maximum absolute atomic E-state index is 11.7. The minimum atomic E-state index is -0.841. The molecule has 4 nitrogen and oxygen atoms in total. The molecule has 0 spiro atoms. The molecule has 1 amide bonds. The highest BCUT2D eigenvalue weighted by Gasteiger charge is 2.24. The van der Waals surface area contributed by atoms with E-state index in [0.29, 0.717) is 12.1 Å². The monoisotopic (exact) mass is 281 g/mol. The molecule has 0 aliphatic heterocycles. The third-order valence-electron chi connectivity index (χ3n) is 2.30. The van der Waals surface area contributed by atoms with Gasteiger partial charge in [-0.05, 0) is 41.4 Å². The molecule has 1 heterocycles. The second-order valence-corrected chi connectivity index (χ2v) is 4.53. The van der Waals surface area contributed by atoms with Gasteiger partial charge in [0.1, 0.15) is 11.2 Å². The lowest BCUT2D eigenvalue weighted by atomic mass is 10.0. The lowest BCUT2D eigenvalue weighted by Crippen LogP contribution is -2.44. The molecule has 1 atom stereocenters. The predicted octanol–water partition coefficient (Wildman–Crippen LogP) is 2.27. The number of hydrogen-bond donors (Lipinski definition) is 1. The summed E-state index contributed by atoms with van der Waals surface area (Å²) in [6.45, 7) is 3.53. The number of aromatic nitrogens is 1. The fourth-order valence-corrected chi connectivity index (χ4v) is 1.25. The van der Waals surface area contributed by atoms with Gasteiger partial charge in [0.2, 0.25) is 0 Å². The highest BCUT2D eigenvalue weighted by molar-refractivity contribution is 9.10.